The molecule has 1 saturated heterocycles. The highest BCUT2D eigenvalue weighted by molar-refractivity contribution is 7.89. The van der Waals surface area contributed by atoms with Gasteiger partial charge in [-0.3, -0.25) is 4.79 Å². The number of nitrogens with zero attached hydrogens (tertiary/aromatic N) is 2. The monoisotopic (exact) mass is 491 g/mol. The molecular weight excluding hydrogens is 471 g/mol. The number of aromatic nitrogens is 1. The molecule has 0 aliphatic carbocycles. The van der Waals surface area contributed by atoms with Crippen molar-refractivity contribution in [2.24, 2.45) is 5.92 Å². The highest BCUT2D eigenvalue weighted by Gasteiger charge is 2.40. The maximum absolute atomic E-state index is 13.2. The first-order valence-electron chi connectivity index (χ1n) is 9.64. The number of esters is 1. The topological polar surface area (TPSA) is 106 Å². The fraction of sp³-hybridized carbons (Fsp3) is 0.421. The number of nitrogens with one attached hydrogen (secondary N) is 1. The molecule has 3 rings (SSSR count). The molecule has 0 spiro atoms. The number of rotatable bonds is 6. The third-order valence-electron chi connectivity index (χ3n) is 4.85. The number of sulfonamides is 1. The molecule has 174 valence electrons. The quantitative estimate of drug-likeness (QED) is 0.621. The fourth-order valence-corrected chi connectivity index (χ4v) is 5.63. The Bertz CT molecular complexity index is 1090. The molecule has 1 fully saturated rings. The van der Waals surface area contributed by atoms with E-state index < -0.39 is 44.5 Å². The molecule has 1 aliphatic rings. The van der Waals surface area contributed by atoms with Gasteiger partial charge in [-0.2, -0.15) is 17.5 Å². The maximum Gasteiger partial charge on any atom is 0.417 e. The van der Waals surface area contributed by atoms with Crippen LogP contribution in [0.1, 0.15) is 35.8 Å². The molecule has 8 nitrogen and oxygen atoms in total. The van der Waals surface area contributed by atoms with Crippen LogP contribution in [0.3, 0.4) is 0 Å². The summed E-state index contributed by atoms with van der Waals surface area (Å²) in [4.78, 5) is 27.3. The second-order valence-corrected chi connectivity index (χ2v) is 9.68. The number of alkyl halides is 3. The summed E-state index contributed by atoms with van der Waals surface area (Å²) < 4.78 is 71.2. The Morgan fingerprint density at radius 2 is 1.91 bits per heavy atom. The standard InChI is InChI=1S/C19H20F3N3O5S2/c1-2-30-17(27)14-11-31-18(23-14)24-16(26)12-7-9-25(10-8-12)32(28,29)15-6-4-3-5-13(15)19(20,21)22/h3-6,11-12H,2,7-10H2,1H3,(H,23,24,26). The number of thiazole rings is 1. The van der Waals surface area contributed by atoms with E-state index in [1.54, 1.807) is 6.92 Å². The van der Waals surface area contributed by atoms with Gasteiger partial charge in [-0.15, -0.1) is 11.3 Å². The summed E-state index contributed by atoms with van der Waals surface area (Å²) in [5, 5.41) is 4.23. The van der Waals surface area contributed by atoms with Crippen molar-refractivity contribution in [3.63, 3.8) is 0 Å². The molecule has 0 atom stereocenters. The molecule has 0 radical (unpaired) electrons. The Morgan fingerprint density at radius 1 is 1.25 bits per heavy atom. The number of halogens is 3. The van der Waals surface area contributed by atoms with Crippen molar-refractivity contribution >= 4 is 38.4 Å². The first kappa shape index (κ1) is 24.1. The van der Waals surface area contributed by atoms with Crippen molar-refractivity contribution in [3.8, 4) is 0 Å². The predicted molar refractivity (Wildman–Crippen MR) is 110 cm³/mol. The second kappa shape index (κ2) is 9.55. The van der Waals surface area contributed by atoms with E-state index in [-0.39, 0.29) is 43.4 Å². The number of amides is 1. The molecule has 13 heteroatoms. The predicted octanol–water partition coefficient (Wildman–Crippen LogP) is 3.38. The zero-order valence-corrected chi connectivity index (χ0v) is 18.5. The summed E-state index contributed by atoms with van der Waals surface area (Å²) >= 11 is 1.05. The third-order valence-corrected chi connectivity index (χ3v) is 7.57. The number of carbonyl (C=O) groups excluding carboxylic acids is 2. The third kappa shape index (κ3) is 5.27. The van der Waals surface area contributed by atoms with E-state index >= 15 is 0 Å². The van der Waals surface area contributed by atoms with Gasteiger partial charge in [-0.05, 0) is 31.9 Å². The van der Waals surface area contributed by atoms with Crippen LogP contribution in [0.25, 0.3) is 0 Å². The lowest BCUT2D eigenvalue weighted by atomic mass is 9.97. The Hall–Kier alpha value is -2.51. The van der Waals surface area contributed by atoms with E-state index in [0.29, 0.717) is 0 Å². The van der Waals surface area contributed by atoms with Crippen LogP contribution in [0, 0.1) is 5.92 Å². The van der Waals surface area contributed by atoms with Crippen LogP contribution in [0.2, 0.25) is 0 Å². The first-order chi connectivity index (χ1) is 15.0. The minimum atomic E-state index is -4.81. The molecule has 1 aromatic carbocycles. The summed E-state index contributed by atoms with van der Waals surface area (Å²) in [6.45, 7) is 1.64. The van der Waals surface area contributed by atoms with Crippen molar-refractivity contribution in [2.45, 2.75) is 30.8 Å². The van der Waals surface area contributed by atoms with Gasteiger partial charge in [-0.25, -0.2) is 18.2 Å². The zero-order chi connectivity index (χ0) is 23.5. The van der Waals surface area contributed by atoms with E-state index in [1.807, 2.05) is 0 Å². The summed E-state index contributed by atoms with van der Waals surface area (Å²) in [6.07, 6.45) is -4.54. The van der Waals surface area contributed by atoms with Gasteiger partial charge in [0.15, 0.2) is 10.8 Å². The molecule has 0 unspecified atom stereocenters. The van der Waals surface area contributed by atoms with Gasteiger partial charge < -0.3 is 10.1 Å². The minimum Gasteiger partial charge on any atom is -0.461 e. The van der Waals surface area contributed by atoms with Crippen LogP contribution in [-0.2, 0) is 25.7 Å². The van der Waals surface area contributed by atoms with E-state index in [4.69, 9.17) is 4.74 Å². The molecule has 1 amide bonds. The number of benzene rings is 1. The van der Waals surface area contributed by atoms with Crippen LogP contribution in [0.5, 0.6) is 0 Å². The van der Waals surface area contributed by atoms with E-state index in [1.165, 1.54) is 11.4 Å². The number of ether oxygens (including phenoxy) is 1. The fourth-order valence-electron chi connectivity index (χ4n) is 3.26. The SMILES string of the molecule is CCOC(=O)c1csc(NC(=O)C2CCN(S(=O)(=O)c3ccccc3C(F)(F)F)CC2)n1. The normalized spacial score (nSPS) is 16.0. The van der Waals surface area contributed by atoms with Crippen LogP contribution in [-0.4, -0.2) is 49.3 Å². The Kier molecular flexibility index (Phi) is 7.20. The zero-order valence-electron chi connectivity index (χ0n) is 16.9. The van der Waals surface area contributed by atoms with Crippen LogP contribution < -0.4 is 5.32 Å². The Balaban J connectivity index is 1.64. The summed E-state index contributed by atoms with van der Waals surface area (Å²) in [6, 6.07) is 4.03. The van der Waals surface area contributed by atoms with Gasteiger partial charge in [0.25, 0.3) is 0 Å². The molecule has 1 aliphatic heterocycles. The summed E-state index contributed by atoms with van der Waals surface area (Å²) in [5.74, 6) is -1.56. The first-order valence-corrected chi connectivity index (χ1v) is 12.0. The average molecular weight is 492 g/mol. The lowest BCUT2D eigenvalue weighted by Crippen LogP contribution is -2.41. The van der Waals surface area contributed by atoms with Crippen molar-refractivity contribution in [3.05, 3.63) is 40.9 Å². The molecule has 2 heterocycles. The van der Waals surface area contributed by atoms with E-state index in [2.05, 4.69) is 10.3 Å². The molecular formula is C19H20F3N3O5S2. The molecule has 2 aromatic rings. The molecule has 1 aromatic heterocycles. The smallest absolute Gasteiger partial charge is 0.417 e. The van der Waals surface area contributed by atoms with Crippen molar-refractivity contribution < 1.29 is 35.9 Å². The molecule has 0 bridgehead atoms. The second-order valence-electron chi connectivity index (χ2n) is 6.92. The van der Waals surface area contributed by atoms with Crippen LogP contribution >= 0.6 is 11.3 Å². The van der Waals surface area contributed by atoms with Gasteiger partial charge in [-0.1, -0.05) is 12.1 Å². The van der Waals surface area contributed by atoms with Gasteiger partial charge in [0, 0.05) is 24.4 Å². The van der Waals surface area contributed by atoms with Gasteiger partial charge >= 0.3 is 12.1 Å². The van der Waals surface area contributed by atoms with Crippen molar-refractivity contribution in [1.29, 1.82) is 0 Å². The number of hydrogen-bond donors (Lipinski definition) is 1. The van der Waals surface area contributed by atoms with Crippen LogP contribution in [0.15, 0.2) is 34.5 Å². The van der Waals surface area contributed by atoms with Crippen molar-refractivity contribution in [2.75, 3.05) is 25.0 Å². The number of hydrogen-bond acceptors (Lipinski definition) is 7. The van der Waals surface area contributed by atoms with Gasteiger partial charge in [0.05, 0.1) is 17.1 Å². The Morgan fingerprint density at radius 3 is 2.53 bits per heavy atom. The van der Waals surface area contributed by atoms with Gasteiger partial charge in [0.1, 0.15) is 0 Å². The lowest BCUT2D eigenvalue weighted by molar-refractivity contribution is -0.139. The van der Waals surface area contributed by atoms with Crippen molar-refractivity contribution in [1.82, 2.24) is 9.29 Å². The average Bonchev–Trinajstić information content (AvgIpc) is 3.22. The molecule has 1 N–H and O–H groups in total. The number of piperidine rings is 1. The van der Waals surface area contributed by atoms with E-state index in [0.717, 1.165) is 33.8 Å². The maximum atomic E-state index is 13.2. The minimum absolute atomic E-state index is 0.0661. The number of anilines is 1. The highest BCUT2D eigenvalue weighted by Crippen LogP contribution is 2.36. The van der Waals surface area contributed by atoms with Crippen LogP contribution in [0.4, 0.5) is 18.3 Å². The van der Waals surface area contributed by atoms with E-state index in [9.17, 15) is 31.2 Å². The summed E-state index contributed by atoms with van der Waals surface area (Å²) in [7, 11) is -4.38. The molecule has 0 saturated carbocycles. The number of carbonyl (C=O) groups is 2. The lowest BCUT2D eigenvalue weighted by Gasteiger charge is -2.31. The Labute approximate surface area is 186 Å². The highest BCUT2D eigenvalue weighted by atomic mass is 32.2. The largest absolute Gasteiger partial charge is 0.461 e. The van der Waals surface area contributed by atoms with Gasteiger partial charge in [0.2, 0.25) is 15.9 Å². The summed E-state index contributed by atoms with van der Waals surface area (Å²) in [5.41, 5.74) is -1.16. The molecule has 32 heavy (non-hydrogen) atoms.